The van der Waals surface area contributed by atoms with Crippen LogP contribution in [-0.2, 0) is 25.5 Å². The van der Waals surface area contributed by atoms with Crippen LogP contribution in [0.1, 0.15) is 19.4 Å². The summed E-state index contributed by atoms with van der Waals surface area (Å²) in [6, 6.07) is 24.3. The van der Waals surface area contributed by atoms with Gasteiger partial charge in [-0.3, -0.25) is 14.4 Å². The summed E-state index contributed by atoms with van der Waals surface area (Å²) in [6.07, 6.45) is -0.857. The van der Waals surface area contributed by atoms with E-state index in [1.165, 1.54) is 13.8 Å². The van der Waals surface area contributed by atoms with E-state index in [9.17, 15) is 14.4 Å². The second-order valence-corrected chi connectivity index (χ2v) is 7.12. The van der Waals surface area contributed by atoms with Gasteiger partial charge >= 0.3 is 5.97 Å². The number of rotatable bonds is 7. The van der Waals surface area contributed by atoms with Gasteiger partial charge in [-0.1, -0.05) is 54.6 Å². The molecule has 1 unspecified atom stereocenters. The molecular weight excluding hydrogens is 392 g/mol. The summed E-state index contributed by atoms with van der Waals surface area (Å²) >= 11 is 0. The van der Waals surface area contributed by atoms with Crippen LogP contribution in [0.25, 0.3) is 11.1 Å². The molecule has 31 heavy (non-hydrogen) atoms. The van der Waals surface area contributed by atoms with Gasteiger partial charge in [0.1, 0.15) is 0 Å². The van der Waals surface area contributed by atoms with E-state index >= 15 is 0 Å². The number of hydrogen-bond acceptors (Lipinski definition) is 4. The van der Waals surface area contributed by atoms with E-state index in [4.69, 9.17) is 4.74 Å². The van der Waals surface area contributed by atoms with Crippen LogP contribution < -0.4 is 10.6 Å². The second kappa shape index (κ2) is 10.2. The molecule has 0 aliphatic rings. The zero-order valence-corrected chi connectivity index (χ0v) is 17.4. The quantitative estimate of drug-likeness (QED) is 0.558. The van der Waals surface area contributed by atoms with E-state index in [0.29, 0.717) is 11.4 Å². The van der Waals surface area contributed by atoms with E-state index in [1.54, 1.807) is 24.3 Å². The maximum absolute atomic E-state index is 12.3. The lowest BCUT2D eigenvalue weighted by atomic mass is 10.0. The van der Waals surface area contributed by atoms with Crippen LogP contribution in [0.5, 0.6) is 0 Å². The first-order valence-electron chi connectivity index (χ1n) is 9.93. The Balaban J connectivity index is 1.50. The molecule has 0 saturated carbocycles. The van der Waals surface area contributed by atoms with Crippen LogP contribution in [-0.4, -0.2) is 23.9 Å². The summed E-state index contributed by atoms with van der Waals surface area (Å²) in [7, 11) is 0. The van der Waals surface area contributed by atoms with Gasteiger partial charge in [-0.15, -0.1) is 0 Å². The Morgan fingerprint density at radius 1 is 0.774 bits per heavy atom. The highest BCUT2D eigenvalue weighted by Gasteiger charge is 2.18. The van der Waals surface area contributed by atoms with Crippen molar-refractivity contribution in [2.45, 2.75) is 26.4 Å². The smallest absolute Gasteiger partial charge is 0.311 e. The van der Waals surface area contributed by atoms with Gasteiger partial charge in [-0.25, -0.2) is 0 Å². The predicted molar refractivity (Wildman–Crippen MR) is 121 cm³/mol. The van der Waals surface area contributed by atoms with Crippen LogP contribution in [0.2, 0.25) is 0 Å². The van der Waals surface area contributed by atoms with Gasteiger partial charge in [0.2, 0.25) is 5.91 Å². The highest BCUT2D eigenvalue weighted by atomic mass is 16.5. The zero-order valence-electron chi connectivity index (χ0n) is 17.4. The maximum Gasteiger partial charge on any atom is 0.311 e. The van der Waals surface area contributed by atoms with Crippen molar-refractivity contribution in [1.29, 1.82) is 0 Å². The largest absolute Gasteiger partial charge is 0.452 e. The topological polar surface area (TPSA) is 84.5 Å². The molecule has 3 rings (SSSR count). The number of hydrogen-bond donors (Lipinski definition) is 2. The molecule has 6 nitrogen and oxygen atoms in total. The van der Waals surface area contributed by atoms with Crippen molar-refractivity contribution in [3.63, 3.8) is 0 Å². The summed E-state index contributed by atoms with van der Waals surface area (Å²) in [5.74, 6) is -1.08. The number of nitrogens with one attached hydrogen (secondary N) is 2. The Kier molecular flexibility index (Phi) is 7.17. The molecule has 0 radical (unpaired) electrons. The maximum atomic E-state index is 12.3. The zero-order chi connectivity index (χ0) is 22.2. The Hall–Kier alpha value is -3.93. The monoisotopic (exact) mass is 416 g/mol. The molecule has 2 N–H and O–H groups in total. The minimum Gasteiger partial charge on any atom is -0.452 e. The molecule has 3 aromatic carbocycles. The molecule has 0 aliphatic carbocycles. The number of carbonyl (C=O) groups is 3. The van der Waals surface area contributed by atoms with Gasteiger partial charge in [-0.2, -0.15) is 0 Å². The van der Waals surface area contributed by atoms with Crippen molar-refractivity contribution in [1.82, 2.24) is 0 Å². The third kappa shape index (κ3) is 6.54. The van der Waals surface area contributed by atoms with E-state index in [1.807, 2.05) is 54.6 Å². The minimum absolute atomic E-state index is 0.0815. The molecule has 3 aromatic rings. The lowest BCUT2D eigenvalue weighted by molar-refractivity contribution is -0.152. The van der Waals surface area contributed by atoms with Crippen molar-refractivity contribution in [3.05, 3.63) is 84.4 Å². The number of carbonyl (C=O) groups excluding carboxylic acids is 3. The van der Waals surface area contributed by atoms with Gasteiger partial charge < -0.3 is 15.4 Å². The Morgan fingerprint density at radius 3 is 1.90 bits per heavy atom. The van der Waals surface area contributed by atoms with E-state index in [2.05, 4.69) is 10.6 Å². The predicted octanol–water partition coefficient (Wildman–Crippen LogP) is 4.42. The fourth-order valence-electron chi connectivity index (χ4n) is 2.99. The van der Waals surface area contributed by atoms with E-state index in [-0.39, 0.29) is 12.3 Å². The molecule has 2 amide bonds. The first-order valence-corrected chi connectivity index (χ1v) is 9.93. The number of esters is 1. The fraction of sp³-hybridized carbons (Fsp3) is 0.160. The molecule has 0 aromatic heterocycles. The average Bonchev–Trinajstić information content (AvgIpc) is 2.76. The molecule has 0 aliphatic heterocycles. The van der Waals surface area contributed by atoms with Crippen molar-refractivity contribution in [3.8, 4) is 11.1 Å². The van der Waals surface area contributed by atoms with Gasteiger partial charge in [0.05, 0.1) is 6.42 Å². The first-order chi connectivity index (χ1) is 14.9. The molecule has 0 heterocycles. The number of ether oxygens (including phenoxy) is 1. The Morgan fingerprint density at radius 2 is 1.32 bits per heavy atom. The van der Waals surface area contributed by atoms with Crippen LogP contribution in [0.15, 0.2) is 78.9 Å². The second-order valence-electron chi connectivity index (χ2n) is 7.12. The molecule has 158 valence electrons. The number of amides is 2. The van der Waals surface area contributed by atoms with Crippen LogP contribution in [0.4, 0.5) is 11.4 Å². The van der Waals surface area contributed by atoms with Crippen molar-refractivity contribution in [2.75, 3.05) is 10.6 Å². The lowest BCUT2D eigenvalue weighted by Gasteiger charge is -2.14. The molecule has 0 fully saturated rings. The van der Waals surface area contributed by atoms with Crippen LogP contribution in [0, 0.1) is 0 Å². The number of benzene rings is 3. The van der Waals surface area contributed by atoms with Gasteiger partial charge in [0.25, 0.3) is 5.91 Å². The molecule has 0 spiro atoms. The average molecular weight is 416 g/mol. The highest BCUT2D eigenvalue weighted by molar-refractivity contribution is 5.95. The van der Waals surface area contributed by atoms with Crippen LogP contribution >= 0.6 is 0 Å². The third-order valence-corrected chi connectivity index (χ3v) is 4.56. The summed E-state index contributed by atoms with van der Waals surface area (Å²) in [5.41, 5.74) is 4.15. The van der Waals surface area contributed by atoms with Gasteiger partial charge in [0.15, 0.2) is 6.10 Å². The standard InChI is InChI=1S/C25H24N2O4/c1-17(25(30)27-23-14-12-22(13-15-23)26-18(2)28)31-24(29)16-19-8-10-21(11-9-19)20-6-4-3-5-7-20/h3-15,17H,16H2,1-2H3,(H,26,28)(H,27,30). The number of anilines is 2. The highest BCUT2D eigenvalue weighted by Crippen LogP contribution is 2.19. The third-order valence-electron chi connectivity index (χ3n) is 4.56. The fourth-order valence-corrected chi connectivity index (χ4v) is 2.99. The van der Waals surface area contributed by atoms with E-state index in [0.717, 1.165) is 16.7 Å². The molecule has 1 atom stereocenters. The minimum atomic E-state index is -0.939. The Bertz CT molecular complexity index is 1050. The van der Waals surface area contributed by atoms with Crippen LogP contribution in [0.3, 0.4) is 0 Å². The molecule has 6 heteroatoms. The summed E-state index contributed by atoms with van der Waals surface area (Å²) < 4.78 is 5.27. The van der Waals surface area contributed by atoms with Gasteiger partial charge in [0, 0.05) is 18.3 Å². The summed E-state index contributed by atoms with van der Waals surface area (Å²) in [5, 5.41) is 5.34. The van der Waals surface area contributed by atoms with E-state index < -0.39 is 18.0 Å². The van der Waals surface area contributed by atoms with Crippen molar-refractivity contribution >= 4 is 29.2 Å². The summed E-state index contributed by atoms with van der Waals surface area (Å²) in [6.45, 7) is 2.95. The Labute approximate surface area is 181 Å². The molecular formula is C25H24N2O4. The lowest BCUT2D eigenvalue weighted by Crippen LogP contribution is -2.30. The van der Waals surface area contributed by atoms with Crippen molar-refractivity contribution in [2.24, 2.45) is 0 Å². The molecule has 0 saturated heterocycles. The first kappa shape index (κ1) is 21.8. The SMILES string of the molecule is CC(=O)Nc1ccc(NC(=O)C(C)OC(=O)Cc2ccc(-c3ccccc3)cc2)cc1. The van der Waals surface area contributed by atoms with Gasteiger partial charge in [-0.05, 0) is 47.9 Å². The molecule has 0 bridgehead atoms. The summed E-state index contributed by atoms with van der Waals surface area (Å²) in [4.78, 5) is 35.6. The van der Waals surface area contributed by atoms with Crippen molar-refractivity contribution < 1.29 is 19.1 Å². The normalized spacial score (nSPS) is 11.3.